The Morgan fingerprint density at radius 3 is 2.29 bits per heavy atom. The summed E-state index contributed by atoms with van der Waals surface area (Å²) in [5.41, 5.74) is -1.51. The number of unbranched alkanes of at least 4 members (excludes halogenated alkanes) is 5. The molecular formula is C20H37N2O4PS. The summed E-state index contributed by atoms with van der Waals surface area (Å²) >= 11 is 1.49. The van der Waals surface area contributed by atoms with Crippen LogP contribution in [0.3, 0.4) is 0 Å². The molecule has 2 atom stereocenters. The summed E-state index contributed by atoms with van der Waals surface area (Å²) in [5, 5.41) is 10.1. The maximum absolute atomic E-state index is 13.0. The van der Waals surface area contributed by atoms with Gasteiger partial charge in [0.25, 0.3) is 0 Å². The Hall–Kier alpha value is -0.780. The molecule has 28 heavy (non-hydrogen) atoms. The standard InChI is InChI=1S/C20H37N2O4PS/c1-7-9-10-11-12-13-14-17-21-22-18(28-17)15-16(27(6,24)25-8-2)19(23)26-20(3,4)5/h16H,7-15H2,1-6H3. The Bertz CT molecular complexity index is 642. The lowest BCUT2D eigenvalue weighted by molar-refractivity contribution is -0.154. The fraction of sp³-hybridized carbons (Fsp3) is 0.850. The molecule has 0 amide bonds. The summed E-state index contributed by atoms with van der Waals surface area (Å²) in [5.74, 6) is -0.501. The minimum Gasteiger partial charge on any atom is -0.459 e. The smallest absolute Gasteiger partial charge is 0.319 e. The zero-order chi connectivity index (χ0) is 21.2. The zero-order valence-corrected chi connectivity index (χ0v) is 20.0. The lowest BCUT2D eigenvalue weighted by Crippen LogP contribution is -2.33. The Labute approximate surface area is 174 Å². The topological polar surface area (TPSA) is 78.4 Å². The summed E-state index contributed by atoms with van der Waals surface area (Å²) in [6.45, 7) is 11.2. The molecule has 1 aromatic heterocycles. The number of hydrogen-bond donors (Lipinski definition) is 0. The first-order valence-electron chi connectivity index (χ1n) is 10.3. The van der Waals surface area contributed by atoms with E-state index in [0.29, 0.717) is 5.01 Å². The van der Waals surface area contributed by atoms with E-state index >= 15 is 0 Å². The zero-order valence-electron chi connectivity index (χ0n) is 18.3. The molecule has 0 saturated heterocycles. The molecule has 2 unspecified atom stereocenters. The van der Waals surface area contributed by atoms with Crippen LogP contribution in [0.5, 0.6) is 0 Å². The molecule has 0 aromatic carbocycles. The van der Waals surface area contributed by atoms with Crippen LogP contribution < -0.4 is 0 Å². The molecule has 1 rings (SSSR count). The molecule has 0 fully saturated rings. The quantitative estimate of drug-likeness (QED) is 0.228. The largest absolute Gasteiger partial charge is 0.459 e. The average Bonchev–Trinajstić information content (AvgIpc) is 3.01. The highest BCUT2D eigenvalue weighted by molar-refractivity contribution is 7.60. The number of carbonyl (C=O) groups is 1. The van der Waals surface area contributed by atoms with Crippen LogP contribution in [0.4, 0.5) is 0 Å². The summed E-state index contributed by atoms with van der Waals surface area (Å²) in [6.07, 6.45) is 8.52. The molecule has 6 nitrogen and oxygen atoms in total. The van der Waals surface area contributed by atoms with E-state index in [1.54, 1.807) is 27.7 Å². The average molecular weight is 433 g/mol. The maximum atomic E-state index is 13.0. The highest BCUT2D eigenvalue weighted by atomic mass is 32.1. The molecular weight excluding hydrogens is 395 g/mol. The van der Waals surface area contributed by atoms with Gasteiger partial charge < -0.3 is 9.26 Å². The molecule has 0 aliphatic heterocycles. The van der Waals surface area contributed by atoms with Crippen molar-refractivity contribution in [2.45, 2.75) is 97.2 Å². The molecule has 0 bridgehead atoms. The number of nitrogens with zero attached hydrogens (tertiary/aromatic N) is 2. The van der Waals surface area contributed by atoms with E-state index < -0.39 is 24.6 Å². The van der Waals surface area contributed by atoms with E-state index in [9.17, 15) is 9.36 Å². The van der Waals surface area contributed by atoms with Crippen molar-refractivity contribution in [2.24, 2.45) is 0 Å². The molecule has 162 valence electrons. The number of rotatable bonds is 13. The van der Waals surface area contributed by atoms with Gasteiger partial charge in [-0.1, -0.05) is 39.0 Å². The second kappa shape index (κ2) is 12.0. The summed E-state index contributed by atoms with van der Waals surface area (Å²) in [7, 11) is -3.17. The van der Waals surface area contributed by atoms with Crippen molar-refractivity contribution >= 4 is 24.7 Å². The van der Waals surface area contributed by atoms with Crippen molar-refractivity contribution in [3.8, 4) is 0 Å². The third-order valence-electron chi connectivity index (χ3n) is 4.25. The Morgan fingerprint density at radius 1 is 1.07 bits per heavy atom. The number of ether oxygens (including phenoxy) is 1. The fourth-order valence-electron chi connectivity index (χ4n) is 2.85. The molecule has 0 N–H and O–H groups in total. The fourth-order valence-corrected chi connectivity index (χ4v) is 5.54. The van der Waals surface area contributed by atoms with Crippen LogP contribution in [-0.2, 0) is 31.5 Å². The summed E-state index contributed by atoms with van der Waals surface area (Å²) in [6, 6.07) is 0. The van der Waals surface area contributed by atoms with Gasteiger partial charge in [0.2, 0.25) is 7.37 Å². The van der Waals surface area contributed by atoms with Gasteiger partial charge in [0.1, 0.15) is 21.3 Å². The van der Waals surface area contributed by atoms with Crippen molar-refractivity contribution in [1.82, 2.24) is 10.2 Å². The summed E-state index contributed by atoms with van der Waals surface area (Å²) < 4.78 is 23.9. The van der Waals surface area contributed by atoms with Crippen LogP contribution in [0.2, 0.25) is 0 Å². The van der Waals surface area contributed by atoms with Gasteiger partial charge in [-0.3, -0.25) is 9.36 Å². The van der Waals surface area contributed by atoms with E-state index in [1.165, 1.54) is 50.1 Å². The molecule has 0 spiro atoms. The number of aryl methyl sites for hydroxylation is 1. The van der Waals surface area contributed by atoms with Crippen LogP contribution in [0, 0.1) is 0 Å². The number of carbonyl (C=O) groups excluding carboxylic acids is 1. The molecule has 1 aromatic rings. The van der Waals surface area contributed by atoms with Crippen LogP contribution in [0.15, 0.2) is 0 Å². The Balaban J connectivity index is 2.72. The highest BCUT2D eigenvalue weighted by Crippen LogP contribution is 2.50. The second-order valence-corrected chi connectivity index (χ2v) is 12.0. The lowest BCUT2D eigenvalue weighted by Gasteiger charge is -2.26. The van der Waals surface area contributed by atoms with Crippen LogP contribution >= 0.6 is 18.7 Å². The van der Waals surface area contributed by atoms with E-state index in [-0.39, 0.29) is 13.0 Å². The van der Waals surface area contributed by atoms with Gasteiger partial charge in [-0.15, -0.1) is 21.5 Å². The lowest BCUT2D eigenvalue weighted by atomic mass is 10.1. The molecule has 0 aliphatic carbocycles. The van der Waals surface area contributed by atoms with Crippen molar-refractivity contribution in [3.05, 3.63) is 10.0 Å². The van der Waals surface area contributed by atoms with Gasteiger partial charge >= 0.3 is 5.97 Å². The van der Waals surface area contributed by atoms with Gasteiger partial charge in [0.05, 0.1) is 6.61 Å². The van der Waals surface area contributed by atoms with Gasteiger partial charge in [0.15, 0.2) is 0 Å². The normalized spacial score (nSPS) is 15.2. The van der Waals surface area contributed by atoms with E-state index in [2.05, 4.69) is 17.1 Å². The number of aromatic nitrogens is 2. The minimum atomic E-state index is -3.17. The van der Waals surface area contributed by atoms with E-state index in [0.717, 1.165) is 17.8 Å². The second-order valence-electron chi connectivity index (χ2n) is 8.19. The van der Waals surface area contributed by atoms with Crippen molar-refractivity contribution < 1.29 is 18.6 Å². The van der Waals surface area contributed by atoms with Crippen molar-refractivity contribution in [2.75, 3.05) is 13.3 Å². The Morgan fingerprint density at radius 2 is 1.68 bits per heavy atom. The predicted octanol–water partition coefficient (Wildman–Crippen LogP) is 5.64. The van der Waals surface area contributed by atoms with E-state index in [1.807, 2.05) is 0 Å². The van der Waals surface area contributed by atoms with Gasteiger partial charge in [-0.25, -0.2) is 0 Å². The number of hydrogen-bond acceptors (Lipinski definition) is 7. The molecule has 8 heteroatoms. The maximum Gasteiger partial charge on any atom is 0.319 e. The van der Waals surface area contributed by atoms with E-state index in [4.69, 9.17) is 9.26 Å². The predicted molar refractivity (Wildman–Crippen MR) is 115 cm³/mol. The van der Waals surface area contributed by atoms with Crippen molar-refractivity contribution in [3.63, 3.8) is 0 Å². The van der Waals surface area contributed by atoms with Crippen molar-refractivity contribution in [1.29, 1.82) is 0 Å². The SMILES string of the molecule is CCCCCCCCc1nnc(CC(C(=O)OC(C)(C)C)P(C)(=O)OCC)s1. The third-order valence-corrected chi connectivity index (χ3v) is 7.55. The molecule has 1 heterocycles. The molecule has 0 saturated carbocycles. The monoisotopic (exact) mass is 432 g/mol. The minimum absolute atomic E-state index is 0.233. The molecule has 0 radical (unpaired) electrons. The van der Waals surface area contributed by atoms with Crippen LogP contribution in [-0.4, -0.2) is 40.7 Å². The molecule has 0 aliphatic rings. The first-order valence-corrected chi connectivity index (χ1v) is 13.3. The van der Waals surface area contributed by atoms with Crippen LogP contribution in [0.25, 0.3) is 0 Å². The Kier molecular flexibility index (Phi) is 10.9. The van der Waals surface area contributed by atoms with Gasteiger partial charge in [0, 0.05) is 19.5 Å². The third kappa shape index (κ3) is 9.62. The summed E-state index contributed by atoms with van der Waals surface area (Å²) in [4.78, 5) is 12.7. The first-order chi connectivity index (χ1) is 13.1. The highest BCUT2D eigenvalue weighted by Gasteiger charge is 2.39. The first kappa shape index (κ1) is 25.3. The van der Waals surface area contributed by atoms with Gasteiger partial charge in [-0.2, -0.15) is 0 Å². The number of esters is 1. The van der Waals surface area contributed by atoms with Gasteiger partial charge in [-0.05, 0) is 34.1 Å². The van der Waals surface area contributed by atoms with Crippen LogP contribution in [0.1, 0.15) is 83.2 Å².